The smallest absolute Gasteiger partial charge is 0.293 e. The number of nitriles is 1. The van der Waals surface area contributed by atoms with Crippen LogP contribution in [0.4, 0.5) is 15.8 Å². The van der Waals surface area contributed by atoms with Gasteiger partial charge in [0.2, 0.25) is 0 Å². The van der Waals surface area contributed by atoms with Crippen LogP contribution in [0.15, 0.2) is 60.2 Å². The zero-order valence-electron chi connectivity index (χ0n) is 18.7. The molecule has 8 nitrogen and oxygen atoms in total. The molecule has 1 amide bonds. The summed E-state index contributed by atoms with van der Waals surface area (Å²) in [5, 5.41) is 23.4. The number of rotatable bonds is 8. The summed E-state index contributed by atoms with van der Waals surface area (Å²) < 4.78 is 24.2. The van der Waals surface area contributed by atoms with Gasteiger partial charge in [0.15, 0.2) is 11.5 Å². The molecule has 3 aromatic carbocycles. The first-order chi connectivity index (χ1) is 16.7. The zero-order valence-corrected chi connectivity index (χ0v) is 19.4. The predicted octanol–water partition coefficient (Wildman–Crippen LogP) is 5.83. The molecule has 0 aliphatic rings. The minimum atomic E-state index is -0.828. The summed E-state index contributed by atoms with van der Waals surface area (Å²) >= 11 is 6.36. The number of nitro groups is 1. The van der Waals surface area contributed by atoms with E-state index in [1.54, 1.807) is 31.2 Å². The number of amides is 1. The van der Waals surface area contributed by atoms with Crippen molar-refractivity contribution in [3.63, 3.8) is 0 Å². The van der Waals surface area contributed by atoms with E-state index in [0.29, 0.717) is 16.7 Å². The standard InChI is InChI=1S/C25H19ClFN3O5/c1-15-3-8-21(22(9-15)30(32)33)29-25(31)18(13-28)10-17-11-20(26)24(23(12-17)34-2)35-14-16-4-6-19(27)7-5-16/h3-12H,14H2,1-2H3,(H,29,31)/b18-10+. The summed E-state index contributed by atoms with van der Waals surface area (Å²) in [4.78, 5) is 23.3. The monoisotopic (exact) mass is 495 g/mol. The number of methoxy groups -OCH3 is 1. The molecule has 0 bridgehead atoms. The maximum atomic E-state index is 13.1. The highest BCUT2D eigenvalue weighted by molar-refractivity contribution is 6.32. The van der Waals surface area contributed by atoms with Crippen LogP contribution < -0.4 is 14.8 Å². The van der Waals surface area contributed by atoms with E-state index in [1.807, 2.05) is 0 Å². The number of anilines is 1. The Morgan fingerprint density at radius 2 is 1.94 bits per heavy atom. The van der Waals surface area contributed by atoms with Crippen LogP contribution in [0.2, 0.25) is 5.02 Å². The normalized spacial score (nSPS) is 10.9. The number of hydrogen-bond acceptors (Lipinski definition) is 6. The van der Waals surface area contributed by atoms with Gasteiger partial charge < -0.3 is 14.8 Å². The molecule has 0 radical (unpaired) electrons. The molecule has 178 valence electrons. The maximum absolute atomic E-state index is 13.1. The highest BCUT2D eigenvalue weighted by Crippen LogP contribution is 2.37. The Bertz CT molecular complexity index is 1350. The van der Waals surface area contributed by atoms with Crippen LogP contribution in [-0.4, -0.2) is 17.9 Å². The van der Waals surface area contributed by atoms with E-state index in [0.717, 1.165) is 0 Å². The van der Waals surface area contributed by atoms with Crippen LogP contribution in [0.25, 0.3) is 6.08 Å². The first kappa shape index (κ1) is 25.2. The first-order valence-electron chi connectivity index (χ1n) is 10.1. The summed E-state index contributed by atoms with van der Waals surface area (Å²) in [7, 11) is 1.40. The van der Waals surface area contributed by atoms with E-state index in [-0.39, 0.29) is 45.9 Å². The Balaban J connectivity index is 1.84. The topological polar surface area (TPSA) is 114 Å². The molecule has 0 aliphatic heterocycles. The third kappa shape index (κ3) is 6.34. The van der Waals surface area contributed by atoms with Gasteiger partial charge in [0.25, 0.3) is 11.6 Å². The van der Waals surface area contributed by atoms with E-state index in [4.69, 9.17) is 21.1 Å². The lowest BCUT2D eigenvalue weighted by molar-refractivity contribution is -0.384. The van der Waals surface area contributed by atoms with Crippen molar-refractivity contribution in [3.8, 4) is 17.6 Å². The molecule has 35 heavy (non-hydrogen) atoms. The fraction of sp³-hybridized carbons (Fsp3) is 0.120. The zero-order chi connectivity index (χ0) is 25.5. The Morgan fingerprint density at radius 3 is 2.57 bits per heavy atom. The largest absolute Gasteiger partial charge is 0.493 e. The van der Waals surface area contributed by atoms with E-state index >= 15 is 0 Å². The quantitative estimate of drug-likeness (QED) is 0.182. The van der Waals surface area contributed by atoms with E-state index in [1.165, 1.54) is 49.6 Å². The summed E-state index contributed by atoms with van der Waals surface area (Å²) in [6.45, 7) is 1.79. The van der Waals surface area contributed by atoms with Crippen LogP contribution in [0.1, 0.15) is 16.7 Å². The van der Waals surface area contributed by atoms with Gasteiger partial charge in [-0.1, -0.05) is 29.8 Å². The Morgan fingerprint density at radius 1 is 1.23 bits per heavy atom. The second kappa shape index (κ2) is 11.1. The lowest BCUT2D eigenvalue weighted by Crippen LogP contribution is -2.14. The summed E-state index contributed by atoms with van der Waals surface area (Å²) in [6, 6.07) is 14.9. The van der Waals surface area contributed by atoms with Crippen LogP contribution in [-0.2, 0) is 11.4 Å². The van der Waals surface area contributed by atoms with Crippen LogP contribution in [0.5, 0.6) is 11.5 Å². The average Bonchev–Trinajstić information content (AvgIpc) is 2.83. The van der Waals surface area contributed by atoms with Gasteiger partial charge in [0, 0.05) is 6.07 Å². The van der Waals surface area contributed by atoms with Crippen molar-refractivity contribution in [1.29, 1.82) is 5.26 Å². The van der Waals surface area contributed by atoms with Gasteiger partial charge >= 0.3 is 0 Å². The summed E-state index contributed by atoms with van der Waals surface area (Å²) in [5.41, 5.74) is 1.09. The van der Waals surface area contributed by atoms with Crippen LogP contribution in [0, 0.1) is 34.2 Å². The number of aryl methyl sites for hydroxylation is 1. The number of nitrogens with one attached hydrogen (secondary N) is 1. The lowest BCUT2D eigenvalue weighted by Gasteiger charge is -2.13. The molecule has 0 atom stereocenters. The van der Waals surface area contributed by atoms with Gasteiger partial charge in [0.05, 0.1) is 17.1 Å². The van der Waals surface area contributed by atoms with Gasteiger partial charge in [-0.05, 0) is 60.0 Å². The van der Waals surface area contributed by atoms with Gasteiger partial charge in [-0.25, -0.2) is 4.39 Å². The molecule has 0 unspecified atom stereocenters. The minimum Gasteiger partial charge on any atom is -0.493 e. The highest BCUT2D eigenvalue weighted by atomic mass is 35.5. The Labute approximate surface area is 205 Å². The highest BCUT2D eigenvalue weighted by Gasteiger charge is 2.19. The van der Waals surface area contributed by atoms with Gasteiger partial charge in [-0.2, -0.15) is 5.26 Å². The number of carbonyl (C=O) groups is 1. The number of ether oxygens (including phenoxy) is 2. The van der Waals surface area contributed by atoms with Gasteiger partial charge in [0.1, 0.15) is 29.8 Å². The molecule has 0 spiro atoms. The van der Waals surface area contributed by atoms with Crippen molar-refractivity contribution < 1.29 is 23.6 Å². The van der Waals surface area contributed by atoms with Crippen molar-refractivity contribution in [1.82, 2.24) is 0 Å². The number of nitro benzene ring substituents is 1. The lowest BCUT2D eigenvalue weighted by atomic mass is 10.1. The second-order valence-corrected chi connectivity index (χ2v) is 7.76. The van der Waals surface area contributed by atoms with E-state index in [2.05, 4.69) is 5.32 Å². The molecule has 10 heteroatoms. The molecule has 0 saturated carbocycles. The molecule has 0 fully saturated rings. The van der Waals surface area contributed by atoms with Crippen LogP contribution in [0.3, 0.4) is 0 Å². The molecule has 0 aliphatic carbocycles. The first-order valence-corrected chi connectivity index (χ1v) is 10.5. The number of nitrogens with zero attached hydrogens (tertiary/aromatic N) is 2. The molecule has 0 heterocycles. The van der Waals surface area contributed by atoms with Crippen molar-refractivity contribution in [3.05, 3.63) is 97.8 Å². The molecule has 3 rings (SSSR count). The fourth-order valence-electron chi connectivity index (χ4n) is 3.10. The van der Waals surface area contributed by atoms with Crippen molar-refractivity contribution in [2.75, 3.05) is 12.4 Å². The summed E-state index contributed by atoms with van der Waals surface area (Å²) in [6.07, 6.45) is 1.27. The third-order valence-electron chi connectivity index (χ3n) is 4.82. The molecule has 0 saturated heterocycles. The van der Waals surface area contributed by atoms with E-state index in [9.17, 15) is 24.6 Å². The molecular formula is C25H19ClFN3O5. The van der Waals surface area contributed by atoms with Gasteiger partial charge in [-0.3, -0.25) is 14.9 Å². The van der Waals surface area contributed by atoms with Gasteiger partial charge in [-0.15, -0.1) is 0 Å². The van der Waals surface area contributed by atoms with Crippen molar-refractivity contribution in [2.45, 2.75) is 13.5 Å². The SMILES string of the molecule is COc1cc(/C=C(\C#N)C(=O)Nc2ccc(C)cc2[N+](=O)[O-])cc(Cl)c1OCc1ccc(F)cc1. The van der Waals surface area contributed by atoms with Crippen molar-refractivity contribution in [2.24, 2.45) is 0 Å². The number of hydrogen-bond donors (Lipinski definition) is 1. The molecule has 1 N–H and O–H groups in total. The van der Waals surface area contributed by atoms with Crippen molar-refractivity contribution >= 4 is 35.0 Å². The van der Waals surface area contributed by atoms with Crippen LogP contribution >= 0.6 is 11.6 Å². The maximum Gasteiger partial charge on any atom is 0.293 e. The number of benzene rings is 3. The second-order valence-electron chi connectivity index (χ2n) is 7.35. The third-order valence-corrected chi connectivity index (χ3v) is 5.10. The van der Waals surface area contributed by atoms with E-state index < -0.39 is 10.8 Å². The fourth-order valence-corrected chi connectivity index (χ4v) is 3.38. The summed E-state index contributed by atoms with van der Waals surface area (Å²) in [5.74, 6) is -0.715. The molecular weight excluding hydrogens is 477 g/mol. The Kier molecular flexibility index (Phi) is 8.02. The number of halogens is 2. The average molecular weight is 496 g/mol. The Hall–Kier alpha value is -4.42. The predicted molar refractivity (Wildman–Crippen MR) is 129 cm³/mol. The minimum absolute atomic E-state index is 0.0353. The molecule has 3 aromatic rings. The molecule has 0 aromatic heterocycles. The number of carbonyl (C=O) groups excluding carboxylic acids is 1.